The minimum atomic E-state index is 0.164. The molecule has 1 amide bonds. The van der Waals surface area contributed by atoms with Gasteiger partial charge in [0.15, 0.2) is 5.13 Å². The lowest BCUT2D eigenvalue weighted by molar-refractivity contribution is -0.121. The molecule has 0 spiro atoms. The molecule has 0 radical (unpaired) electrons. The van der Waals surface area contributed by atoms with Gasteiger partial charge in [0.1, 0.15) is 0 Å². The molecule has 1 aromatic carbocycles. The van der Waals surface area contributed by atoms with Crippen LogP contribution in [0.5, 0.6) is 0 Å². The van der Waals surface area contributed by atoms with Crippen molar-refractivity contribution in [3.8, 4) is 0 Å². The number of thioether (sulfide) groups is 1. The number of nitrogens with one attached hydrogen (secondary N) is 1. The molecule has 1 saturated heterocycles. The van der Waals surface area contributed by atoms with Crippen LogP contribution in [-0.4, -0.2) is 36.3 Å². The SMILES string of the molecule is CSc1ccc(CCC(=O)NC2CCN(c3nccs3)CC2)cc1. The van der Waals surface area contributed by atoms with Crippen LogP contribution >= 0.6 is 23.1 Å². The molecule has 4 nitrogen and oxygen atoms in total. The molecule has 1 fully saturated rings. The van der Waals surface area contributed by atoms with Crippen molar-refractivity contribution in [1.82, 2.24) is 10.3 Å². The van der Waals surface area contributed by atoms with Crippen molar-refractivity contribution in [3.05, 3.63) is 41.4 Å². The third-order valence-corrected chi connectivity index (χ3v) is 5.93. The molecule has 0 unspecified atom stereocenters. The summed E-state index contributed by atoms with van der Waals surface area (Å²) < 4.78 is 0. The summed E-state index contributed by atoms with van der Waals surface area (Å²) in [6.45, 7) is 1.93. The second-order valence-corrected chi connectivity index (χ2v) is 7.74. The molecule has 2 aromatic rings. The summed E-state index contributed by atoms with van der Waals surface area (Å²) in [5, 5.41) is 6.29. The molecule has 0 atom stereocenters. The second-order valence-electron chi connectivity index (χ2n) is 5.99. The van der Waals surface area contributed by atoms with E-state index >= 15 is 0 Å². The largest absolute Gasteiger partial charge is 0.353 e. The lowest BCUT2D eigenvalue weighted by Gasteiger charge is -2.32. The minimum absolute atomic E-state index is 0.164. The predicted molar refractivity (Wildman–Crippen MR) is 102 cm³/mol. The molecule has 0 bridgehead atoms. The van der Waals surface area contributed by atoms with Gasteiger partial charge in [-0.2, -0.15) is 0 Å². The number of hydrogen-bond donors (Lipinski definition) is 1. The van der Waals surface area contributed by atoms with Gasteiger partial charge in [0, 0.05) is 42.0 Å². The lowest BCUT2D eigenvalue weighted by Crippen LogP contribution is -2.44. The fourth-order valence-electron chi connectivity index (χ4n) is 2.94. The Labute approximate surface area is 151 Å². The number of anilines is 1. The highest BCUT2D eigenvalue weighted by molar-refractivity contribution is 7.98. The van der Waals surface area contributed by atoms with E-state index in [4.69, 9.17) is 0 Å². The Morgan fingerprint density at radius 2 is 2.08 bits per heavy atom. The molecule has 3 rings (SSSR count). The first-order valence-corrected chi connectivity index (χ1v) is 10.4. The standard InChI is InChI=1S/C18H23N3OS2/c1-23-16-5-2-14(3-6-16)4-7-17(22)20-15-8-11-21(12-9-15)18-19-10-13-24-18/h2-3,5-6,10,13,15H,4,7-9,11-12H2,1H3,(H,20,22). The zero-order valence-corrected chi connectivity index (χ0v) is 15.5. The first-order valence-electron chi connectivity index (χ1n) is 8.31. The Balaban J connectivity index is 1.39. The van der Waals surface area contributed by atoms with E-state index in [0.29, 0.717) is 12.5 Å². The molecule has 1 aliphatic heterocycles. The van der Waals surface area contributed by atoms with E-state index in [0.717, 1.165) is 37.5 Å². The van der Waals surface area contributed by atoms with E-state index < -0.39 is 0 Å². The Hall–Kier alpha value is -1.53. The molecule has 2 heterocycles. The summed E-state index contributed by atoms with van der Waals surface area (Å²) in [7, 11) is 0. The summed E-state index contributed by atoms with van der Waals surface area (Å²) in [6.07, 6.45) is 7.27. The van der Waals surface area contributed by atoms with Crippen LogP contribution in [0.25, 0.3) is 0 Å². The Morgan fingerprint density at radius 3 is 2.71 bits per heavy atom. The lowest BCUT2D eigenvalue weighted by atomic mass is 10.0. The minimum Gasteiger partial charge on any atom is -0.353 e. The number of aryl methyl sites for hydroxylation is 1. The maximum atomic E-state index is 12.2. The maximum absolute atomic E-state index is 12.2. The topological polar surface area (TPSA) is 45.2 Å². The number of aromatic nitrogens is 1. The van der Waals surface area contributed by atoms with Crippen molar-refractivity contribution in [2.24, 2.45) is 0 Å². The molecule has 0 saturated carbocycles. The van der Waals surface area contributed by atoms with Gasteiger partial charge < -0.3 is 10.2 Å². The van der Waals surface area contributed by atoms with Crippen LogP contribution in [0.15, 0.2) is 40.7 Å². The molecule has 0 aliphatic carbocycles. The Kier molecular flexibility index (Phi) is 6.15. The van der Waals surface area contributed by atoms with Crippen LogP contribution < -0.4 is 10.2 Å². The number of benzene rings is 1. The average molecular weight is 362 g/mol. The van der Waals surface area contributed by atoms with Gasteiger partial charge in [-0.3, -0.25) is 4.79 Å². The van der Waals surface area contributed by atoms with Gasteiger partial charge in [0.25, 0.3) is 0 Å². The van der Waals surface area contributed by atoms with Crippen molar-refractivity contribution in [3.63, 3.8) is 0 Å². The highest BCUT2D eigenvalue weighted by atomic mass is 32.2. The number of rotatable bonds is 6. The zero-order chi connectivity index (χ0) is 16.8. The highest BCUT2D eigenvalue weighted by Gasteiger charge is 2.21. The van der Waals surface area contributed by atoms with E-state index in [1.165, 1.54) is 10.5 Å². The fourth-order valence-corrected chi connectivity index (χ4v) is 4.04. The quantitative estimate of drug-likeness (QED) is 0.799. The van der Waals surface area contributed by atoms with Crippen molar-refractivity contribution >= 4 is 34.1 Å². The molecular weight excluding hydrogens is 338 g/mol. The molecule has 24 heavy (non-hydrogen) atoms. The van der Waals surface area contributed by atoms with E-state index in [9.17, 15) is 4.79 Å². The van der Waals surface area contributed by atoms with Crippen LogP contribution in [0.4, 0.5) is 5.13 Å². The molecule has 1 aromatic heterocycles. The highest BCUT2D eigenvalue weighted by Crippen LogP contribution is 2.22. The third kappa shape index (κ3) is 4.74. The second kappa shape index (κ2) is 8.53. The molecular formula is C18H23N3OS2. The number of carbonyl (C=O) groups excluding carboxylic acids is 1. The maximum Gasteiger partial charge on any atom is 0.220 e. The van der Waals surface area contributed by atoms with Gasteiger partial charge >= 0.3 is 0 Å². The van der Waals surface area contributed by atoms with Gasteiger partial charge in [0.05, 0.1) is 0 Å². The molecule has 6 heteroatoms. The van der Waals surface area contributed by atoms with Gasteiger partial charge in [-0.1, -0.05) is 12.1 Å². The summed E-state index contributed by atoms with van der Waals surface area (Å²) in [6, 6.07) is 8.77. The van der Waals surface area contributed by atoms with Crippen LogP contribution in [0, 0.1) is 0 Å². The average Bonchev–Trinajstić information content (AvgIpc) is 3.16. The normalized spacial score (nSPS) is 15.5. The summed E-state index contributed by atoms with van der Waals surface area (Å²) in [5.41, 5.74) is 1.22. The van der Waals surface area contributed by atoms with Crippen LogP contribution in [0.2, 0.25) is 0 Å². The zero-order valence-electron chi connectivity index (χ0n) is 13.9. The number of carbonyl (C=O) groups is 1. The van der Waals surface area contributed by atoms with Crippen molar-refractivity contribution in [2.45, 2.75) is 36.6 Å². The Bertz CT molecular complexity index is 635. The number of hydrogen-bond acceptors (Lipinski definition) is 5. The number of nitrogens with zero attached hydrogens (tertiary/aromatic N) is 2. The van der Waals surface area contributed by atoms with Gasteiger partial charge in [0.2, 0.25) is 5.91 Å². The Morgan fingerprint density at radius 1 is 1.33 bits per heavy atom. The summed E-state index contributed by atoms with van der Waals surface area (Å²) >= 11 is 3.42. The first-order chi connectivity index (χ1) is 11.7. The van der Waals surface area contributed by atoms with Gasteiger partial charge in [-0.15, -0.1) is 23.1 Å². The monoisotopic (exact) mass is 361 g/mol. The first kappa shape index (κ1) is 17.3. The van der Waals surface area contributed by atoms with Gasteiger partial charge in [-0.05, 0) is 43.2 Å². The van der Waals surface area contributed by atoms with Gasteiger partial charge in [-0.25, -0.2) is 4.98 Å². The van der Waals surface area contributed by atoms with Crippen molar-refractivity contribution in [1.29, 1.82) is 0 Å². The summed E-state index contributed by atoms with van der Waals surface area (Å²) in [5.74, 6) is 0.164. The van der Waals surface area contributed by atoms with Crippen LogP contribution in [0.1, 0.15) is 24.8 Å². The molecule has 1 N–H and O–H groups in total. The fraction of sp³-hybridized carbons (Fsp3) is 0.444. The number of piperidine rings is 1. The predicted octanol–water partition coefficient (Wildman–Crippen LogP) is 3.58. The van der Waals surface area contributed by atoms with E-state index in [1.54, 1.807) is 23.1 Å². The van der Waals surface area contributed by atoms with Crippen LogP contribution in [0.3, 0.4) is 0 Å². The van der Waals surface area contributed by atoms with Crippen LogP contribution in [-0.2, 0) is 11.2 Å². The van der Waals surface area contributed by atoms with E-state index in [1.807, 2.05) is 11.6 Å². The summed E-state index contributed by atoms with van der Waals surface area (Å²) in [4.78, 5) is 20.1. The smallest absolute Gasteiger partial charge is 0.220 e. The number of thiazole rings is 1. The number of amides is 1. The van der Waals surface area contributed by atoms with Crippen molar-refractivity contribution in [2.75, 3.05) is 24.2 Å². The van der Waals surface area contributed by atoms with E-state index in [2.05, 4.69) is 45.7 Å². The molecule has 1 aliphatic rings. The third-order valence-electron chi connectivity index (χ3n) is 4.35. The van der Waals surface area contributed by atoms with Crippen molar-refractivity contribution < 1.29 is 4.79 Å². The molecule has 128 valence electrons. The van der Waals surface area contributed by atoms with E-state index in [-0.39, 0.29) is 5.91 Å².